The number of nitrogens with one attached hydrogen (secondary N) is 1. The molecule has 0 heterocycles. The lowest BCUT2D eigenvalue weighted by atomic mass is 10.1. The van der Waals surface area contributed by atoms with Crippen LogP contribution in [-0.2, 0) is 4.79 Å². The maximum absolute atomic E-state index is 12.2. The summed E-state index contributed by atoms with van der Waals surface area (Å²) in [5.74, 6) is -1.59. The lowest BCUT2D eigenvalue weighted by molar-refractivity contribution is -0.385. The summed E-state index contributed by atoms with van der Waals surface area (Å²) in [5.41, 5.74) is 1.99. The molecule has 0 aliphatic heterocycles. The summed E-state index contributed by atoms with van der Waals surface area (Å²) in [6, 6.07) is 10.3. The molecule has 1 amide bonds. The third kappa shape index (κ3) is 4.54. The van der Waals surface area contributed by atoms with Crippen molar-refractivity contribution in [2.75, 3.05) is 6.61 Å². The monoisotopic (exact) mass is 358 g/mol. The Morgan fingerprint density at radius 1 is 1.38 bits per heavy atom. The number of carbonyl (C=O) groups is 1. The van der Waals surface area contributed by atoms with E-state index in [2.05, 4.69) is 10.5 Å². The quantitative estimate of drug-likeness (QED) is 0.434. The number of hydrogen-bond acceptors (Lipinski definition) is 7. The topological polar surface area (TPSA) is 137 Å². The van der Waals surface area contributed by atoms with Crippen LogP contribution in [0.25, 0.3) is 0 Å². The Balaban J connectivity index is 2.16. The Bertz CT molecular complexity index is 823. The number of non-ortho nitro benzene ring substituents is 1. The van der Waals surface area contributed by atoms with Crippen molar-refractivity contribution in [3.05, 3.63) is 63.7 Å². The highest BCUT2D eigenvalue weighted by Crippen LogP contribution is 2.31. The van der Waals surface area contributed by atoms with Crippen LogP contribution in [0.2, 0.25) is 0 Å². The fraction of sp³-hybridized carbons (Fsp3) is 0.176. The highest BCUT2D eigenvalue weighted by atomic mass is 16.6. The lowest BCUT2D eigenvalue weighted by Gasteiger charge is -2.16. The Labute approximate surface area is 148 Å². The standard InChI is InChI=1S/C17H17N3O6/c1-2-26-14-9-13(20(24)25)8-12(15(14)21)10-18-19-17(23)16(22)11-6-4-3-5-7-11/h3-10,16,21-22H,2H2,1H3,(H,19,23)/p-1/t16-/m1/s1. The van der Waals surface area contributed by atoms with Crippen molar-refractivity contribution in [3.8, 4) is 11.5 Å². The van der Waals surface area contributed by atoms with Crippen LogP contribution < -0.4 is 15.3 Å². The second-order valence-corrected chi connectivity index (χ2v) is 5.10. The zero-order chi connectivity index (χ0) is 19.1. The summed E-state index contributed by atoms with van der Waals surface area (Å²) in [5, 5.41) is 36.6. The first kappa shape index (κ1) is 18.9. The van der Waals surface area contributed by atoms with Crippen molar-refractivity contribution in [1.82, 2.24) is 5.43 Å². The van der Waals surface area contributed by atoms with Crippen LogP contribution in [0.15, 0.2) is 47.6 Å². The fourth-order valence-electron chi connectivity index (χ4n) is 2.09. The van der Waals surface area contributed by atoms with Crippen molar-refractivity contribution in [2.45, 2.75) is 13.0 Å². The molecule has 2 rings (SSSR count). The van der Waals surface area contributed by atoms with Crippen molar-refractivity contribution in [3.63, 3.8) is 0 Å². The summed E-state index contributed by atoms with van der Waals surface area (Å²) in [7, 11) is 0. The van der Waals surface area contributed by atoms with Gasteiger partial charge in [0.05, 0.1) is 23.8 Å². The third-order valence-electron chi connectivity index (χ3n) is 3.32. The Morgan fingerprint density at radius 2 is 2.08 bits per heavy atom. The minimum atomic E-state index is -1.44. The molecule has 0 fully saturated rings. The third-order valence-corrected chi connectivity index (χ3v) is 3.32. The van der Waals surface area contributed by atoms with Gasteiger partial charge in [-0.15, -0.1) is 0 Å². The molecule has 1 atom stereocenters. The van der Waals surface area contributed by atoms with Crippen LogP contribution in [0.3, 0.4) is 0 Å². The van der Waals surface area contributed by atoms with Gasteiger partial charge in [0.2, 0.25) is 0 Å². The summed E-state index contributed by atoms with van der Waals surface area (Å²) in [6.07, 6.45) is -0.475. The maximum Gasteiger partial charge on any atom is 0.273 e. The van der Waals surface area contributed by atoms with Gasteiger partial charge in [0, 0.05) is 6.07 Å². The summed E-state index contributed by atoms with van der Waals surface area (Å²) in [6.45, 7) is 1.80. The highest BCUT2D eigenvalue weighted by Gasteiger charge is 2.16. The van der Waals surface area contributed by atoms with E-state index in [1.807, 2.05) is 0 Å². The number of hydrogen-bond donors (Lipinski definition) is 2. The van der Waals surface area contributed by atoms with Gasteiger partial charge in [-0.2, -0.15) is 5.10 Å². The van der Waals surface area contributed by atoms with Gasteiger partial charge in [-0.05, 0) is 18.1 Å². The number of ether oxygens (including phenoxy) is 1. The molecule has 0 saturated heterocycles. The molecule has 136 valence electrons. The van der Waals surface area contributed by atoms with Gasteiger partial charge >= 0.3 is 0 Å². The summed E-state index contributed by atoms with van der Waals surface area (Å²) in [4.78, 5) is 22.2. The molecule has 9 nitrogen and oxygen atoms in total. The molecule has 2 aromatic carbocycles. The van der Waals surface area contributed by atoms with Gasteiger partial charge in [-0.25, -0.2) is 5.43 Å². The van der Waals surface area contributed by atoms with Crippen molar-refractivity contribution in [1.29, 1.82) is 0 Å². The van der Waals surface area contributed by atoms with Gasteiger partial charge in [0.1, 0.15) is 5.75 Å². The first-order valence-electron chi connectivity index (χ1n) is 7.62. The fourth-order valence-corrected chi connectivity index (χ4v) is 2.09. The van der Waals surface area contributed by atoms with Crippen molar-refractivity contribution < 1.29 is 24.7 Å². The minimum Gasteiger partial charge on any atom is -0.870 e. The second kappa shape index (κ2) is 8.58. The normalized spacial score (nSPS) is 11.9. The number of nitrogens with zero attached hydrogens (tertiary/aromatic N) is 2. The molecular weight excluding hydrogens is 342 g/mol. The molecule has 0 unspecified atom stereocenters. The average Bonchev–Trinajstić information content (AvgIpc) is 2.64. The van der Waals surface area contributed by atoms with Gasteiger partial charge in [-0.1, -0.05) is 36.1 Å². The van der Waals surface area contributed by atoms with E-state index in [0.717, 1.165) is 18.3 Å². The summed E-state index contributed by atoms with van der Waals surface area (Å²) < 4.78 is 5.09. The van der Waals surface area contributed by atoms with E-state index >= 15 is 0 Å². The average molecular weight is 358 g/mol. The van der Waals surface area contributed by atoms with E-state index in [4.69, 9.17) is 4.74 Å². The molecule has 2 aromatic rings. The molecule has 0 aliphatic carbocycles. The van der Waals surface area contributed by atoms with Crippen molar-refractivity contribution >= 4 is 17.8 Å². The number of carbonyl (C=O) groups excluding carboxylic acids is 1. The van der Waals surface area contributed by atoms with E-state index in [9.17, 15) is 25.1 Å². The summed E-state index contributed by atoms with van der Waals surface area (Å²) >= 11 is 0. The van der Waals surface area contributed by atoms with E-state index < -0.39 is 22.7 Å². The van der Waals surface area contributed by atoms with Crippen LogP contribution in [0.4, 0.5) is 5.69 Å². The molecule has 26 heavy (non-hydrogen) atoms. The lowest BCUT2D eigenvalue weighted by Crippen LogP contribution is -2.25. The van der Waals surface area contributed by atoms with Crippen LogP contribution >= 0.6 is 0 Å². The number of hydrazone groups is 1. The molecule has 2 N–H and O–H groups in total. The molecular formula is C17H16N3O6-. The number of aliphatic hydroxyl groups is 1. The predicted octanol–water partition coefficient (Wildman–Crippen LogP) is 1.25. The number of benzene rings is 2. The zero-order valence-corrected chi connectivity index (χ0v) is 13.8. The van der Waals surface area contributed by atoms with E-state index in [-0.39, 0.29) is 23.6 Å². The number of aliphatic hydroxyl groups excluding tert-OH is 1. The van der Waals surface area contributed by atoms with Gasteiger partial charge in [-0.3, -0.25) is 14.9 Å². The first-order chi connectivity index (χ1) is 12.4. The SMILES string of the molecule is CCOc1cc([N+](=O)[O-])cc(C=NNC(=O)[C@H](O)c2ccccc2)c1[O-]. The number of nitro benzene ring substituents is 1. The minimum absolute atomic E-state index is 0.128. The molecule has 0 radical (unpaired) electrons. The van der Waals surface area contributed by atoms with E-state index in [1.165, 1.54) is 0 Å². The first-order valence-corrected chi connectivity index (χ1v) is 7.62. The maximum atomic E-state index is 12.2. The van der Waals surface area contributed by atoms with Crippen LogP contribution in [0.5, 0.6) is 11.5 Å². The van der Waals surface area contributed by atoms with Crippen LogP contribution in [-0.4, -0.2) is 28.8 Å². The largest absolute Gasteiger partial charge is 0.870 e. The van der Waals surface area contributed by atoms with E-state index in [0.29, 0.717) is 5.56 Å². The van der Waals surface area contributed by atoms with Gasteiger partial charge in [0.15, 0.2) is 6.10 Å². The highest BCUT2D eigenvalue weighted by molar-refractivity contribution is 5.88. The number of nitro groups is 1. The van der Waals surface area contributed by atoms with Crippen molar-refractivity contribution in [2.24, 2.45) is 5.10 Å². The zero-order valence-electron chi connectivity index (χ0n) is 13.8. The van der Waals surface area contributed by atoms with Crippen LogP contribution in [0.1, 0.15) is 24.2 Å². The molecule has 0 bridgehead atoms. The number of amides is 1. The Hall–Kier alpha value is -3.46. The van der Waals surface area contributed by atoms with Gasteiger partial charge in [0.25, 0.3) is 11.6 Å². The smallest absolute Gasteiger partial charge is 0.273 e. The second-order valence-electron chi connectivity index (χ2n) is 5.10. The predicted molar refractivity (Wildman–Crippen MR) is 90.8 cm³/mol. The van der Waals surface area contributed by atoms with Gasteiger partial charge < -0.3 is 14.9 Å². The van der Waals surface area contributed by atoms with Crippen LogP contribution in [0, 0.1) is 10.1 Å². The molecule has 9 heteroatoms. The molecule has 0 aromatic heterocycles. The molecule has 0 saturated carbocycles. The molecule has 0 spiro atoms. The Kier molecular flexibility index (Phi) is 6.23. The van der Waals surface area contributed by atoms with E-state index in [1.54, 1.807) is 37.3 Å². The Morgan fingerprint density at radius 3 is 2.69 bits per heavy atom. The number of rotatable bonds is 7. The molecule has 0 aliphatic rings.